The fraction of sp³-hybridized carbons (Fsp3) is 0.208. The third-order valence-electron chi connectivity index (χ3n) is 4.89. The number of carbonyl (C=O) groups is 1. The highest BCUT2D eigenvalue weighted by Crippen LogP contribution is 2.29. The Morgan fingerprint density at radius 1 is 1.10 bits per heavy atom. The molecule has 1 atom stereocenters. The van der Waals surface area contributed by atoms with Gasteiger partial charge in [-0.15, -0.1) is 0 Å². The van der Waals surface area contributed by atoms with Gasteiger partial charge in [0, 0.05) is 6.54 Å². The summed E-state index contributed by atoms with van der Waals surface area (Å²) in [5, 5.41) is 12.4. The first-order chi connectivity index (χ1) is 14.0. The van der Waals surface area contributed by atoms with Crippen LogP contribution in [0.25, 0.3) is 11.1 Å². The zero-order valence-electron chi connectivity index (χ0n) is 16.5. The molecular formula is C24H24ClNO3. The van der Waals surface area contributed by atoms with Crippen LogP contribution in [-0.2, 0) is 17.9 Å². The molecule has 0 amide bonds. The Kier molecular flexibility index (Phi) is 6.91. The van der Waals surface area contributed by atoms with Crippen molar-refractivity contribution in [3.05, 3.63) is 88.4 Å². The Hall–Kier alpha value is -2.82. The molecule has 0 spiro atoms. The lowest BCUT2D eigenvalue weighted by Gasteiger charge is -2.14. The normalized spacial score (nSPS) is 11.8. The fourth-order valence-electron chi connectivity index (χ4n) is 3.06. The van der Waals surface area contributed by atoms with Crippen molar-refractivity contribution in [2.24, 2.45) is 0 Å². The fourth-order valence-corrected chi connectivity index (χ4v) is 3.31. The highest BCUT2D eigenvalue weighted by Gasteiger charge is 2.11. The number of carboxylic acid groups (broad SMARTS) is 1. The molecule has 0 aromatic heterocycles. The summed E-state index contributed by atoms with van der Waals surface area (Å²) >= 11 is 6.37. The Bertz CT molecular complexity index is 989. The quantitative estimate of drug-likeness (QED) is 0.518. The molecule has 5 heteroatoms. The molecule has 4 nitrogen and oxygen atoms in total. The van der Waals surface area contributed by atoms with Crippen molar-refractivity contribution in [3.8, 4) is 16.9 Å². The number of hydrogen-bond acceptors (Lipinski definition) is 3. The molecular weight excluding hydrogens is 386 g/mol. The second-order valence-electron chi connectivity index (χ2n) is 6.95. The van der Waals surface area contributed by atoms with E-state index >= 15 is 0 Å². The van der Waals surface area contributed by atoms with E-state index in [9.17, 15) is 4.79 Å². The van der Waals surface area contributed by atoms with Gasteiger partial charge < -0.3 is 15.2 Å². The predicted molar refractivity (Wildman–Crippen MR) is 116 cm³/mol. The molecule has 3 aromatic rings. The highest BCUT2D eigenvalue weighted by molar-refractivity contribution is 6.32. The van der Waals surface area contributed by atoms with Crippen LogP contribution in [0.5, 0.6) is 5.75 Å². The maximum Gasteiger partial charge on any atom is 0.320 e. The van der Waals surface area contributed by atoms with E-state index < -0.39 is 12.0 Å². The first kappa shape index (κ1) is 20.9. The van der Waals surface area contributed by atoms with E-state index in [0.29, 0.717) is 23.9 Å². The van der Waals surface area contributed by atoms with Gasteiger partial charge >= 0.3 is 5.97 Å². The smallest absolute Gasteiger partial charge is 0.320 e. The van der Waals surface area contributed by atoms with Crippen molar-refractivity contribution in [2.75, 3.05) is 0 Å². The summed E-state index contributed by atoms with van der Waals surface area (Å²) in [7, 11) is 0. The van der Waals surface area contributed by atoms with Gasteiger partial charge in [0.2, 0.25) is 0 Å². The summed E-state index contributed by atoms with van der Waals surface area (Å²) in [6, 6.07) is 21.4. The minimum atomic E-state index is -0.885. The summed E-state index contributed by atoms with van der Waals surface area (Å²) in [5.41, 5.74) is 5.54. The summed E-state index contributed by atoms with van der Waals surface area (Å²) < 4.78 is 5.97. The van der Waals surface area contributed by atoms with Gasteiger partial charge in [-0.05, 0) is 53.8 Å². The zero-order valence-corrected chi connectivity index (χ0v) is 17.2. The van der Waals surface area contributed by atoms with E-state index in [0.717, 1.165) is 11.1 Å². The number of ether oxygens (including phenoxy) is 1. The van der Waals surface area contributed by atoms with Crippen molar-refractivity contribution >= 4 is 17.6 Å². The lowest BCUT2D eigenvalue weighted by molar-refractivity contribution is -0.139. The van der Waals surface area contributed by atoms with Gasteiger partial charge in [-0.1, -0.05) is 66.2 Å². The van der Waals surface area contributed by atoms with Crippen molar-refractivity contribution in [1.29, 1.82) is 0 Å². The minimum Gasteiger partial charge on any atom is -0.487 e. The van der Waals surface area contributed by atoms with Gasteiger partial charge in [0.05, 0.1) is 5.02 Å². The van der Waals surface area contributed by atoms with E-state index in [1.165, 1.54) is 16.7 Å². The van der Waals surface area contributed by atoms with Crippen LogP contribution in [0.15, 0.2) is 66.7 Å². The van der Waals surface area contributed by atoms with E-state index in [4.69, 9.17) is 21.4 Å². The molecule has 0 saturated heterocycles. The van der Waals surface area contributed by atoms with Gasteiger partial charge in [0.1, 0.15) is 18.4 Å². The van der Waals surface area contributed by atoms with Crippen molar-refractivity contribution in [1.82, 2.24) is 5.32 Å². The lowest BCUT2D eigenvalue weighted by Crippen LogP contribution is -2.33. The van der Waals surface area contributed by atoms with Gasteiger partial charge in [-0.25, -0.2) is 0 Å². The largest absolute Gasteiger partial charge is 0.487 e. The van der Waals surface area contributed by atoms with Crippen LogP contribution in [0.2, 0.25) is 5.02 Å². The van der Waals surface area contributed by atoms with Gasteiger partial charge in [-0.2, -0.15) is 0 Å². The van der Waals surface area contributed by atoms with Crippen LogP contribution in [0, 0.1) is 6.92 Å². The molecule has 0 heterocycles. The lowest BCUT2D eigenvalue weighted by atomic mass is 9.97. The topological polar surface area (TPSA) is 58.6 Å². The SMILES string of the molecule is Cc1c(COc2ccc(CN[C@H](C)C(=O)O)cc2Cl)cccc1-c1ccccc1. The van der Waals surface area contributed by atoms with Gasteiger partial charge in [0.25, 0.3) is 0 Å². The molecule has 0 radical (unpaired) electrons. The Labute approximate surface area is 176 Å². The third-order valence-corrected chi connectivity index (χ3v) is 5.19. The average molecular weight is 410 g/mol. The maximum absolute atomic E-state index is 10.9. The first-order valence-electron chi connectivity index (χ1n) is 9.47. The number of benzene rings is 3. The summed E-state index contributed by atoms with van der Waals surface area (Å²) in [6.07, 6.45) is 0. The molecule has 0 saturated carbocycles. The predicted octanol–water partition coefficient (Wildman–Crippen LogP) is 5.46. The molecule has 0 bridgehead atoms. The number of nitrogens with one attached hydrogen (secondary N) is 1. The van der Waals surface area contributed by atoms with E-state index in [2.05, 4.69) is 36.5 Å². The van der Waals surface area contributed by atoms with Crippen molar-refractivity contribution in [3.63, 3.8) is 0 Å². The van der Waals surface area contributed by atoms with Crippen LogP contribution in [0.4, 0.5) is 0 Å². The van der Waals surface area contributed by atoms with Gasteiger partial charge in [-0.3, -0.25) is 4.79 Å². The summed E-state index contributed by atoms with van der Waals surface area (Å²) in [4.78, 5) is 10.9. The molecule has 3 aromatic carbocycles. The van der Waals surface area contributed by atoms with Crippen molar-refractivity contribution < 1.29 is 14.6 Å². The number of halogens is 1. The number of aliphatic carboxylic acids is 1. The molecule has 0 unspecified atom stereocenters. The van der Waals surface area contributed by atoms with Crippen LogP contribution in [-0.4, -0.2) is 17.1 Å². The van der Waals surface area contributed by atoms with Crippen molar-refractivity contribution in [2.45, 2.75) is 33.0 Å². The Morgan fingerprint density at radius 3 is 2.55 bits per heavy atom. The Morgan fingerprint density at radius 2 is 1.86 bits per heavy atom. The summed E-state index contributed by atoms with van der Waals surface area (Å²) in [6.45, 7) is 4.54. The third kappa shape index (κ3) is 5.37. The van der Waals surface area contributed by atoms with E-state index in [1.807, 2.05) is 36.4 Å². The molecule has 150 valence electrons. The number of carboxylic acids is 1. The summed E-state index contributed by atoms with van der Waals surface area (Å²) in [5.74, 6) is -0.282. The van der Waals surface area contributed by atoms with Gasteiger partial charge in [0.15, 0.2) is 0 Å². The van der Waals surface area contributed by atoms with Crippen LogP contribution >= 0.6 is 11.6 Å². The van der Waals surface area contributed by atoms with E-state index in [1.54, 1.807) is 13.0 Å². The number of hydrogen-bond donors (Lipinski definition) is 2. The molecule has 29 heavy (non-hydrogen) atoms. The van der Waals surface area contributed by atoms with Crippen LogP contribution in [0.1, 0.15) is 23.6 Å². The minimum absolute atomic E-state index is 0.417. The molecule has 3 rings (SSSR count). The molecule has 0 aliphatic carbocycles. The monoisotopic (exact) mass is 409 g/mol. The first-order valence-corrected chi connectivity index (χ1v) is 9.85. The average Bonchev–Trinajstić information content (AvgIpc) is 2.72. The van der Waals surface area contributed by atoms with Crippen LogP contribution in [0.3, 0.4) is 0 Å². The molecule has 0 aliphatic heterocycles. The maximum atomic E-state index is 10.9. The molecule has 0 aliphatic rings. The molecule has 2 N–H and O–H groups in total. The zero-order chi connectivity index (χ0) is 20.8. The molecule has 0 fully saturated rings. The highest BCUT2D eigenvalue weighted by atomic mass is 35.5. The Balaban J connectivity index is 1.68. The standard InChI is InChI=1S/C24H24ClNO3/c1-16-20(9-6-10-21(16)19-7-4-3-5-8-19)15-29-23-12-11-18(13-22(23)25)14-26-17(2)24(27)28/h3-13,17,26H,14-15H2,1-2H3,(H,27,28)/t17-/m1/s1. The number of rotatable bonds is 8. The van der Waals surface area contributed by atoms with Crippen LogP contribution < -0.4 is 10.1 Å². The van der Waals surface area contributed by atoms with E-state index in [-0.39, 0.29) is 0 Å². The second-order valence-corrected chi connectivity index (χ2v) is 7.36. The second kappa shape index (κ2) is 9.59.